The van der Waals surface area contributed by atoms with E-state index in [1.807, 2.05) is 0 Å². The van der Waals surface area contributed by atoms with Gasteiger partial charge in [-0.2, -0.15) is 0 Å². The lowest BCUT2D eigenvalue weighted by molar-refractivity contribution is 0.0603. The average Bonchev–Trinajstić information content (AvgIpc) is 3.03. The third kappa shape index (κ3) is 3.03. The minimum Gasteiger partial charge on any atom is -0.465 e. The minimum absolute atomic E-state index is 0.0969. The number of hydrogen-bond donors (Lipinski definition) is 2. The fraction of sp³-hybridized carbons (Fsp3) is 0.571. The Bertz CT molecular complexity index is 555. The summed E-state index contributed by atoms with van der Waals surface area (Å²) in [5.74, 6) is -0.698. The van der Waals surface area contributed by atoms with Crippen LogP contribution in [0, 0.1) is 0 Å². The number of ketones is 1. The monoisotopic (exact) mass is 312 g/mol. The van der Waals surface area contributed by atoms with Crippen LogP contribution in [-0.4, -0.2) is 38.1 Å². The van der Waals surface area contributed by atoms with E-state index < -0.39 is 5.97 Å². The van der Waals surface area contributed by atoms with Crippen LogP contribution < -0.4 is 11.1 Å². The highest BCUT2D eigenvalue weighted by atomic mass is 32.1. The Morgan fingerprint density at radius 2 is 2.05 bits per heavy atom. The minimum atomic E-state index is -0.536. The number of nitrogens with two attached hydrogens (primary N) is 1. The molecule has 116 valence electrons. The highest BCUT2D eigenvalue weighted by Gasteiger charge is 2.31. The summed E-state index contributed by atoms with van der Waals surface area (Å²) in [5, 5.41) is 3.88. The molecule has 1 fully saturated rings. The number of thiophene rings is 1. The van der Waals surface area contributed by atoms with Crippen molar-refractivity contribution in [1.29, 1.82) is 0 Å². The molecule has 1 aromatic rings. The molecule has 0 spiro atoms. The molecule has 1 saturated carbocycles. The van der Waals surface area contributed by atoms with Gasteiger partial charge in [-0.3, -0.25) is 4.79 Å². The Kier molecular flexibility index (Phi) is 4.84. The predicted octanol–water partition coefficient (Wildman–Crippen LogP) is 2.30. The number of rotatable bonds is 5. The Hall–Kier alpha value is -1.60. The zero-order valence-electron chi connectivity index (χ0n) is 12.4. The smallest absolute Gasteiger partial charge is 0.343 e. The van der Waals surface area contributed by atoms with Gasteiger partial charge < -0.3 is 20.5 Å². The van der Waals surface area contributed by atoms with Crippen molar-refractivity contribution in [3.63, 3.8) is 0 Å². The van der Waals surface area contributed by atoms with E-state index in [0.717, 1.165) is 19.3 Å². The van der Waals surface area contributed by atoms with Gasteiger partial charge in [0, 0.05) is 14.0 Å². The van der Waals surface area contributed by atoms with Crippen LogP contribution in [0.5, 0.6) is 0 Å². The second-order valence-corrected chi connectivity index (χ2v) is 6.07. The standard InChI is InChI=1S/C14H20N2O4S/c1-7(17)12-11(15)10(14(18)20-3)13(21-12)16-8-5-4-6-9(8)19-2/h8-9,16H,4-6,15H2,1-3H3. The second-order valence-electron chi connectivity index (χ2n) is 5.05. The molecule has 0 bridgehead atoms. The summed E-state index contributed by atoms with van der Waals surface area (Å²) in [6.07, 6.45) is 3.08. The molecule has 0 aromatic carbocycles. The van der Waals surface area contributed by atoms with Crippen LogP contribution in [0.1, 0.15) is 46.2 Å². The summed E-state index contributed by atoms with van der Waals surface area (Å²) in [4.78, 5) is 23.9. The first-order valence-corrected chi connectivity index (χ1v) is 7.62. The van der Waals surface area contributed by atoms with Crippen LogP contribution in [0.2, 0.25) is 0 Å². The number of hydrogen-bond acceptors (Lipinski definition) is 7. The summed E-state index contributed by atoms with van der Waals surface area (Å²) in [7, 11) is 2.97. The van der Waals surface area contributed by atoms with Gasteiger partial charge in [-0.25, -0.2) is 4.79 Å². The van der Waals surface area contributed by atoms with E-state index in [-0.39, 0.29) is 29.2 Å². The van der Waals surface area contributed by atoms with E-state index in [2.05, 4.69) is 5.32 Å². The van der Waals surface area contributed by atoms with Gasteiger partial charge in [0.15, 0.2) is 5.78 Å². The lowest BCUT2D eigenvalue weighted by atomic mass is 10.2. The van der Waals surface area contributed by atoms with Crippen LogP contribution in [0.15, 0.2) is 0 Å². The third-order valence-electron chi connectivity index (χ3n) is 3.73. The van der Waals surface area contributed by atoms with Gasteiger partial charge in [0.1, 0.15) is 10.6 Å². The molecule has 21 heavy (non-hydrogen) atoms. The van der Waals surface area contributed by atoms with Crippen LogP contribution in [-0.2, 0) is 9.47 Å². The van der Waals surface area contributed by atoms with Crippen LogP contribution in [0.3, 0.4) is 0 Å². The molecule has 1 aliphatic carbocycles. The topological polar surface area (TPSA) is 90.6 Å². The molecule has 0 radical (unpaired) electrons. The maximum atomic E-state index is 11.9. The predicted molar refractivity (Wildman–Crippen MR) is 82.1 cm³/mol. The summed E-state index contributed by atoms with van der Waals surface area (Å²) in [6.45, 7) is 1.43. The molecule has 1 aromatic heterocycles. The molecule has 2 atom stereocenters. The second kappa shape index (κ2) is 6.44. The van der Waals surface area contributed by atoms with Crippen LogP contribution in [0.25, 0.3) is 0 Å². The molecule has 6 nitrogen and oxygen atoms in total. The van der Waals surface area contributed by atoms with E-state index in [4.69, 9.17) is 15.2 Å². The number of carbonyl (C=O) groups excluding carboxylic acids is 2. The van der Waals surface area contributed by atoms with E-state index in [9.17, 15) is 9.59 Å². The summed E-state index contributed by atoms with van der Waals surface area (Å²) >= 11 is 1.20. The van der Waals surface area contributed by atoms with Gasteiger partial charge in [-0.15, -0.1) is 11.3 Å². The van der Waals surface area contributed by atoms with E-state index in [1.54, 1.807) is 7.11 Å². The maximum absolute atomic E-state index is 11.9. The fourth-order valence-electron chi connectivity index (χ4n) is 2.65. The Balaban J connectivity index is 2.35. The molecule has 0 saturated heterocycles. The van der Waals surface area contributed by atoms with Gasteiger partial charge in [0.2, 0.25) is 0 Å². The summed E-state index contributed by atoms with van der Waals surface area (Å²) in [6, 6.07) is 0.108. The molecular formula is C14H20N2O4S. The van der Waals surface area contributed by atoms with Crippen LogP contribution >= 0.6 is 11.3 Å². The highest BCUT2D eigenvalue weighted by Crippen LogP contribution is 2.38. The Morgan fingerprint density at radius 3 is 2.62 bits per heavy atom. The van der Waals surface area contributed by atoms with Crippen molar-refractivity contribution in [3.8, 4) is 0 Å². The van der Waals surface area contributed by atoms with Crippen molar-refractivity contribution in [2.24, 2.45) is 0 Å². The van der Waals surface area contributed by atoms with Gasteiger partial charge in [0.05, 0.1) is 29.8 Å². The largest absolute Gasteiger partial charge is 0.465 e. The molecule has 7 heteroatoms. The number of nitrogens with one attached hydrogen (secondary N) is 1. The van der Waals surface area contributed by atoms with Crippen molar-refractivity contribution in [3.05, 3.63) is 10.4 Å². The lowest BCUT2D eigenvalue weighted by Gasteiger charge is -2.20. The van der Waals surface area contributed by atoms with E-state index >= 15 is 0 Å². The van der Waals surface area contributed by atoms with Gasteiger partial charge in [-0.05, 0) is 19.3 Å². The number of carbonyl (C=O) groups is 2. The number of anilines is 2. The third-order valence-corrected chi connectivity index (χ3v) is 4.96. The van der Waals surface area contributed by atoms with Gasteiger partial charge in [0.25, 0.3) is 0 Å². The zero-order chi connectivity index (χ0) is 15.6. The molecule has 0 amide bonds. The summed E-state index contributed by atoms with van der Waals surface area (Å²) < 4.78 is 10.2. The SMILES string of the molecule is COC(=O)c1c(NC2CCCC2OC)sc(C(C)=O)c1N. The van der Waals surface area contributed by atoms with Crippen LogP contribution in [0.4, 0.5) is 10.7 Å². The van der Waals surface area contributed by atoms with E-state index in [0.29, 0.717) is 9.88 Å². The Morgan fingerprint density at radius 1 is 1.33 bits per heavy atom. The molecule has 0 aliphatic heterocycles. The Labute approximate surface area is 127 Å². The molecular weight excluding hydrogens is 292 g/mol. The van der Waals surface area contributed by atoms with Crippen molar-refractivity contribution in [1.82, 2.24) is 0 Å². The quantitative estimate of drug-likeness (QED) is 0.640. The molecule has 1 heterocycles. The number of esters is 1. The number of nitrogen functional groups attached to an aromatic ring is 1. The van der Waals surface area contributed by atoms with Crippen molar-refractivity contribution >= 4 is 33.8 Å². The maximum Gasteiger partial charge on any atom is 0.343 e. The molecule has 1 aliphatic rings. The molecule has 2 rings (SSSR count). The molecule has 3 N–H and O–H groups in total. The number of methoxy groups -OCH3 is 2. The highest BCUT2D eigenvalue weighted by molar-refractivity contribution is 7.19. The van der Waals surface area contributed by atoms with E-state index in [1.165, 1.54) is 25.4 Å². The fourth-order valence-corrected chi connectivity index (χ4v) is 3.72. The number of ether oxygens (including phenoxy) is 2. The first-order valence-electron chi connectivity index (χ1n) is 6.80. The van der Waals surface area contributed by atoms with Crippen molar-refractivity contribution in [2.75, 3.05) is 25.3 Å². The lowest BCUT2D eigenvalue weighted by Crippen LogP contribution is -2.30. The number of Topliss-reactive ketones (excluding diaryl/α,β-unsaturated/α-hetero) is 1. The first kappa shape index (κ1) is 15.8. The van der Waals surface area contributed by atoms with Crippen molar-refractivity contribution < 1.29 is 19.1 Å². The molecule has 2 unspecified atom stereocenters. The zero-order valence-corrected chi connectivity index (χ0v) is 13.2. The van der Waals surface area contributed by atoms with Crippen molar-refractivity contribution in [2.45, 2.75) is 38.3 Å². The van der Waals surface area contributed by atoms with Gasteiger partial charge in [-0.1, -0.05) is 0 Å². The average molecular weight is 312 g/mol. The normalized spacial score (nSPS) is 21.3. The van der Waals surface area contributed by atoms with Gasteiger partial charge >= 0.3 is 5.97 Å². The summed E-state index contributed by atoms with van der Waals surface area (Å²) in [5.41, 5.74) is 6.37. The first-order chi connectivity index (χ1) is 9.99.